The molecule has 0 aromatic rings. The lowest BCUT2D eigenvalue weighted by Crippen LogP contribution is -2.38. The molecule has 1 heterocycles. The first-order chi connectivity index (χ1) is 6.65. The van der Waals surface area contributed by atoms with Gasteiger partial charge in [-0.25, -0.2) is 0 Å². The molecule has 1 N–H and O–H groups in total. The fourth-order valence-corrected chi connectivity index (χ4v) is 3.02. The number of hydrogen-bond donors (Lipinski definition) is 1. The summed E-state index contributed by atoms with van der Waals surface area (Å²) >= 11 is 0. The van der Waals surface area contributed by atoms with E-state index < -0.39 is 0 Å². The molecule has 2 fully saturated rings. The third kappa shape index (κ3) is 1.82. The molecule has 0 bridgehead atoms. The maximum absolute atomic E-state index is 9.07. The van der Waals surface area contributed by atoms with Crippen LogP contribution < -0.4 is 0 Å². The normalized spacial score (nSPS) is 48.6. The standard InChI is InChI=1S/C12H22O2/c1-9-3-5-12(7-10(9)2)6-4-11(8-13)14-12/h9-11,13H,3-8H2,1-2H3. The van der Waals surface area contributed by atoms with Crippen LogP contribution in [0.3, 0.4) is 0 Å². The molecule has 1 saturated carbocycles. The van der Waals surface area contributed by atoms with E-state index in [4.69, 9.17) is 9.84 Å². The number of hydrogen-bond acceptors (Lipinski definition) is 2. The Morgan fingerprint density at radius 3 is 2.50 bits per heavy atom. The molecule has 4 atom stereocenters. The van der Waals surface area contributed by atoms with Crippen LogP contribution in [0.5, 0.6) is 0 Å². The van der Waals surface area contributed by atoms with Gasteiger partial charge in [-0.05, 0) is 43.9 Å². The molecular formula is C12H22O2. The summed E-state index contributed by atoms with van der Waals surface area (Å²) in [6, 6.07) is 0. The highest BCUT2D eigenvalue weighted by Crippen LogP contribution is 2.45. The van der Waals surface area contributed by atoms with Crippen molar-refractivity contribution in [1.82, 2.24) is 0 Å². The Morgan fingerprint density at radius 2 is 1.93 bits per heavy atom. The van der Waals surface area contributed by atoms with Crippen LogP contribution in [0, 0.1) is 11.8 Å². The molecule has 2 heteroatoms. The molecule has 1 saturated heterocycles. The quantitative estimate of drug-likeness (QED) is 0.701. The van der Waals surface area contributed by atoms with Crippen molar-refractivity contribution in [2.75, 3.05) is 6.61 Å². The Hall–Kier alpha value is -0.0800. The zero-order chi connectivity index (χ0) is 10.2. The van der Waals surface area contributed by atoms with Gasteiger partial charge in [-0.1, -0.05) is 13.8 Å². The number of ether oxygens (including phenoxy) is 1. The van der Waals surface area contributed by atoms with Crippen molar-refractivity contribution in [1.29, 1.82) is 0 Å². The molecule has 1 spiro atoms. The van der Waals surface area contributed by atoms with Crippen molar-refractivity contribution < 1.29 is 9.84 Å². The average Bonchev–Trinajstić information content (AvgIpc) is 2.56. The molecule has 0 radical (unpaired) electrons. The fraction of sp³-hybridized carbons (Fsp3) is 1.00. The van der Waals surface area contributed by atoms with Gasteiger partial charge in [-0.3, -0.25) is 0 Å². The Morgan fingerprint density at radius 1 is 1.21 bits per heavy atom. The topological polar surface area (TPSA) is 29.5 Å². The predicted molar refractivity (Wildman–Crippen MR) is 56.1 cm³/mol. The van der Waals surface area contributed by atoms with Crippen LogP contribution in [-0.4, -0.2) is 23.4 Å². The van der Waals surface area contributed by atoms with E-state index in [-0.39, 0.29) is 18.3 Å². The monoisotopic (exact) mass is 198 g/mol. The Balaban J connectivity index is 1.98. The molecule has 0 amide bonds. The van der Waals surface area contributed by atoms with Gasteiger partial charge < -0.3 is 9.84 Å². The summed E-state index contributed by atoms with van der Waals surface area (Å²) < 4.78 is 6.01. The lowest BCUT2D eigenvalue weighted by molar-refractivity contribution is -0.0949. The van der Waals surface area contributed by atoms with Gasteiger partial charge in [0.05, 0.1) is 18.3 Å². The zero-order valence-corrected chi connectivity index (χ0v) is 9.33. The highest BCUT2D eigenvalue weighted by Gasteiger charge is 2.44. The van der Waals surface area contributed by atoms with Crippen molar-refractivity contribution in [2.24, 2.45) is 11.8 Å². The van der Waals surface area contributed by atoms with E-state index in [9.17, 15) is 0 Å². The zero-order valence-electron chi connectivity index (χ0n) is 9.33. The first kappa shape index (κ1) is 10.4. The first-order valence-electron chi connectivity index (χ1n) is 5.94. The highest BCUT2D eigenvalue weighted by molar-refractivity contribution is 4.94. The Bertz CT molecular complexity index is 204. The number of aliphatic hydroxyl groups excluding tert-OH is 1. The maximum Gasteiger partial charge on any atom is 0.0814 e. The Kier molecular flexibility index (Phi) is 2.85. The minimum absolute atomic E-state index is 0.121. The van der Waals surface area contributed by atoms with Crippen molar-refractivity contribution in [3.05, 3.63) is 0 Å². The van der Waals surface area contributed by atoms with Gasteiger partial charge in [0.1, 0.15) is 0 Å². The molecule has 2 aliphatic rings. The molecule has 4 unspecified atom stereocenters. The summed E-state index contributed by atoms with van der Waals surface area (Å²) in [7, 11) is 0. The smallest absolute Gasteiger partial charge is 0.0814 e. The summed E-state index contributed by atoms with van der Waals surface area (Å²) in [6.07, 6.45) is 6.03. The van der Waals surface area contributed by atoms with Crippen LogP contribution in [0.1, 0.15) is 46.0 Å². The maximum atomic E-state index is 9.07. The van der Waals surface area contributed by atoms with E-state index in [1.165, 1.54) is 19.3 Å². The number of rotatable bonds is 1. The number of aliphatic hydroxyl groups is 1. The second kappa shape index (κ2) is 3.82. The van der Waals surface area contributed by atoms with E-state index in [1.54, 1.807) is 0 Å². The molecule has 82 valence electrons. The van der Waals surface area contributed by atoms with Gasteiger partial charge in [0.15, 0.2) is 0 Å². The lowest BCUT2D eigenvalue weighted by atomic mass is 9.72. The summed E-state index contributed by atoms with van der Waals surface area (Å²) in [5.41, 5.74) is 0.138. The Labute approximate surface area is 86.6 Å². The first-order valence-corrected chi connectivity index (χ1v) is 5.94. The van der Waals surface area contributed by atoms with E-state index in [0.717, 1.165) is 24.7 Å². The van der Waals surface area contributed by atoms with Crippen molar-refractivity contribution in [3.63, 3.8) is 0 Å². The molecule has 0 aromatic heterocycles. The third-order valence-corrected chi connectivity index (χ3v) is 4.26. The SMILES string of the molecule is CC1CCC2(CCC(CO)O2)CC1C. The van der Waals surface area contributed by atoms with Gasteiger partial charge >= 0.3 is 0 Å². The van der Waals surface area contributed by atoms with Crippen molar-refractivity contribution >= 4 is 0 Å². The highest BCUT2D eigenvalue weighted by atomic mass is 16.5. The summed E-state index contributed by atoms with van der Waals surface area (Å²) in [5.74, 6) is 1.62. The average molecular weight is 198 g/mol. The molecule has 0 aromatic carbocycles. The van der Waals surface area contributed by atoms with Crippen LogP contribution in [0.25, 0.3) is 0 Å². The summed E-state index contributed by atoms with van der Waals surface area (Å²) in [5, 5.41) is 9.07. The lowest BCUT2D eigenvalue weighted by Gasteiger charge is -2.40. The van der Waals surface area contributed by atoms with Gasteiger partial charge in [0.25, 0.3) is 0 Å². The van der Waals surface area contributed by atoms with Gasteiger partial charge in [0, 0.05) is 0 Å². The largest absolute Gasteiger partial charge is 0.394 e. The van der Waals surface area contributed by atoms with Crippen LogP contribution in [0.4, 0.5) is 0 Å². The van der Waals surface area contributed by atoms with E-state index in [2.05, 4.69) is 13.8 Å². The second-order valence-corrected chi connectivity index (χ2v) is 5.34. The van der Waals surface area contributed by atoms with E-state index >= 15 is 0 Å². The summed E-state index contributed by atoms with van der Waals surface area (Å²) in [4.78, 5) is 0. The fourth-order valence-electron chi connectivity index (χ4n) is 3.02. The van der Waals surface area contributed by atoms with Crippen molar-refractivity contribution in [3.8, 4) is 0 Å². The summed E-state index contributed by atoms with van der Waals surface area (Å²) in [6.45, 7) is 4.88. The van der Waals surface area contributed by atoms with Crippen LogP contribution >= 0.6 is 0 Å². The molecule has 14 heavy (non-hydrogen) atoms. The molecule has 2 nitrogen and oxygen atoms in total. The van der Waals surface area contributed by atoms with Crippen LogP contribution in [0.2, 0.25) is 0 Å². The molecule has 2 rings (SSSR count). The molecule has 1 aliphatic carbocycles. The van der Waals surface area contributed by atoms with Gasteiger partial charge in [-0.2, -0.15) is 0 Å². The minimum atomic E-state index is 0.121. The molecule has 1 aliphatic heterocycles. The predicted octanol–water partition coefficient (Wildman–Crippen LogP) is 2.35. The van der Waals surface area contributed by atoms with E-state index in [0.29, 0.717) is 0 Å². The van der Waals surface area contributed by atoms with Gasteiger partial charge in [0.2, 0.25) is 0 Å². The molecular weight excluding hydrogens is 176 g/mol. The van der Waals surface area contributed by atoms with Crippen LogP contribution in [0.15, 0.2) is 0 Å². The third-order valence-electron chi connectivity index (χ3n) is 4.26. The minimum Gasteiger partial charge on any atom is -0.394 e. The van der Waals surface area contributed by atoms with E-state index in [1.807, 2.05) is 0 Å². The van der Waals surface area contributed by atoms with Gasteiger partial charge in [-0.15, -0.1) is 0 Å². The second-order valence-electron chi connectivity index (χ2n) is 5.34. The van der Waals surface area contributed by atoms with Crippen molar-refractivity contribution in [2.45, 2.75) is 57.7 Å². The van der Waals surface area contributed by atoms with Crippen LogP contribution in [-0.2, 0) is 4.74 Å².